The van der Waals surface area contributed by atoms with Crippen molar-refractivity contribution < 1.29 is 28.6 Å². The van der Waals surface area contributed by atoms with E-state index in [9.17, 15) is 23.8 Å². The smallest absolute Gasteiger partial charge is 0.408 e. The minimum atomic E-state index is -3.92. The highest BCUT2D eigenvalue weighted by atomic mass is 35.5. The number of benzene rings is 1. The number of carbonyl (C=O) groups excluding carboxylic acids is 3. The van der Waals surface area contributed by atoms with Gasteiger partial charge in [-0.1, -0.05) is 61.9 Å². The fourth-order valence-electron chi connectivity index (χ4n) is 6.99. The van der Waals surface area contributed by atoms with Crippen LogP contribution in [0, 0.1) is 5.92 Å². The van der Waals surface area contributed by atoms with Crippen LogP contribution >= 0.6 is 19.0 Å². The predicted octanol–water partition coefficient (Wildman–Crippen LogP) is 5.72. The molecule has 3 N–H and O–H groups in total. The van der Waals surface area contributed by atoms with Crippen LogP contribution in [0.25, 0.3) is 0 Å². The van der Waals surface area contributed by atoms with E-state index >= 15 is 0 Å². The van der Waals surface area contributed by atoms with Gasteiger partial charge in [0.15, 0.2) is 0 Å². The fourth-order valence-corrected chi connectivity index (χ4v) is 9.79. The number of hydrogen-bond donors (Lipinski definition) is 3. The Balaban J connectivity index is 1.34. The van der Waals surface area contributed by atoms with E-state index in [0.29, 0.717) is 42.8 Å². The largest absolute Gasteiger partial charge is 0.446 e. The highest BCUT2D eigenvalue weighted by Crippen LogP contribution is 2.71. The maximum absolute atomic E-state index is 14.0. The first-order valence-corrected chi connectivity index (χ1v) is 17.6. The van der Waals surface area contributed by atoms with Crippen LogP contribution in [0.4, 0.5) is 4.79 Å². The molecule has 2 saturated carbocycles. The lowest BCUT2D eigenvalue weighted by Crippen LogP contribution is -2.55. The second kappa shape index (κ2) is 13.0. The molecule has 1 unspecified atom stereocenters. The first-order chi connectivity index (χ1) is 19.7. The van der Waals surface area contributed by atoms with Crippen molar-refractivity contribution in [2.24, 2.45) is 5.92 Å². The normalized spacial score (nSPS) is 31.2. The SMILES string of the molecule is O=C(N[C@H]1CCCCCCC[C@@H]2C[C@@]2(P(=O)(O)Cc2ccccc2Cl)NC(=O)[C@@H]2CCCN2C1=O)OC1CCCC1. The van der Waals surface area contributed by atoms with Crippen LogP contribution in [0.15, 0.2) is 24.3 Å². The average molecular weight is 608 g/mol. The molecule has 226 valence electrons. The van der Waals surface area contributed by atoms with Crippen molar-refractivity contribution in [1.82, 2.24) is 15.5 Å². The van der Waals surface area contributed by atoms with Crippen LogP contribution in [0.1, 0.15) is 95.5 Å². The first kappa shape index (κ1) is 30.4. The molecule has 9 nitrogen and oxygen atoms in total. The van der Waals surface area contributed by atoms with Crippen molar-refractivity contribution >= 4 is 36.9 Å². The zero-order chi connectivity index (χ0) is 29.0. The van der Waals surface area contributed by atoms with Crippen LogP contribution in [0.2, 0.25) is 5.02 Å². The summed E-state index contributed by atoms with van der Waals surface area (Å²) in [6, 6.07) is 5.49. The predicted molar refractivity (Wildman–Crippen MR) is 157 cm³/mol. The molecule has 2 aliphatic carbocycles. The maximum atomic E-state index is 14.0. The molecule has 1 aromatic carbocycles. The number of fused-ring (bicyclic) bond motifs is 2. The van der Waals surface area contributed by atoms with Gasteiger partial charge in [0.1, 0.15) is 23.5 Å². The number of nitrogens with one attached hydrogen (secondary N) is 2. The van der Waals surface area contributed by atoms with Crippen LogP contribution < -0.4 is 10.6 Å². The average Bonchev–Trinajstić information content (AvgIpc) is 3.27. The Hall–Kier alpha value is -2.09. The van der Waals surface area contributed by atoms with E-state index in [-0.39, 0.29) is 24.1 Å². The Labute approximate surface area is 247 Å². The van der Waals surface area contributed by atoms with E-state index in [2.05, 4.69) is 10.6 Å². The second-order valence-electron chi connectivity index (χ2n) is 12.3. The van der Waals surface area contributed by atoms with E-state index < -0.39 is 36.7 Å². The van der Waals surface area contributed by atoms with Crippen molar-refractivity contribution in [1.29, 1.82) is 0 Å². The molecule has 2 saturated heterocycles. The van der Waals surface area contributed by atoms with Gasteiger partial charge in [-0.25, -0.2) is 4.79 Å². The van der Waals surface area contributed by atoms with Crippen LogP contribution in [0.5, 0.6) is 0 Å². The molecule has 11 heteroatoms. The monoisotopic (exact) mass is 607 g/mol. The third-order valence-corrected chi connectivity index (χ3v) is 12.5. The van der Waals surface area contributed by atoms with E-state index in [1.807, 2.05) is 0 Å². The van der Waals surface area contributed by atoms with Gasteiger partial charge in [-0.3, -0.25) is 14.2 Å². The van der Waals surface area contributed by atoms with Gasteiger partial charge in [0, 0.05) is 11.6 Å². The molecule has 5 rings (SSSR count). The van der Waals surface area contributed by atoms with Gasteiger partial charge in [0.2, 0.25) is 19.2 Å². The molecule has 4 fully saturated rings. The summed E-state index contributed by atoms with van der Waals surface area (Å²) in [5.74, 6) is -0.778. The van der Waals surface area contributed by atoms with Gasteiger partial charge in [-0.05, 0) is 75.3 Å². The number of nitrogens with zero attached hydrogens (tertiary/aromatic N) is 1. The quantitative estimate of drug-likeness (QED) is 0.368. The van der Waals surface area contributed by atoms with Crippen molar-refractivity contribution in [3.8, 4) is 0 Å². The zero-order valence-corrected chi connectivity index (χ0v) is 25.3. The standard InChI is InChI=1S/C30H43ClN3O6P/c31-24-15-9-6-11-21(24)20-41(38,39)30-19-22(30)12-4-2-1-3-5-16-25(32-29(37)40-23-13-7-8-14-23)28(36)34-18-10-17-26(34)27(35)33-30/h6,9,11,15,22-23,25-26H,1-5,7-8,10,12-14,16-20H2,(H,32,37)(H,33,35)(H,38,39)/t22-,25+,26+,30+/m1/s1. The van der Waals surface area contributed by atoms with E-state index in [1.165, 1.54) is 0 Å². The zero-order valence-electron chi connectivity index (χ0n) is 23.7. The summed E-state index contributed by atoms with van der Waals surface area (Å²) >= 11 is 6.34. The Kier molecular flexibility index (Phi) is 9.67. The molecule has 4 aliphatic rings. The van der Waals surface area contributed by atoms with Gasteiger partial charge in [-0.2, -0.15) is 0 Å². The molecular formula is C30H43ClN3O6P. The number of carbonyl (C=O) groups is 3. The van der Waals surface area contributed by atoms with Crippen LogP contribution in [-0.4, -0.2) is 57.7 Å². The molecule has 1 aromatic rings. The molecule has 41 heavy (non-hydrogen) atoms. The summed E-state index contributed by atoms with van der Waals surface area (Å²) in [5.41, 5.74) is 0.584. The number of alkyl carbamates (subject to hydrolysis) is 1. The van der Waals surface area contributed by atoms with Gasteiger partial charge in [0.25, 0.3) is 0 Å². The molecule has 0 radical (unpaired) electrons. The van der Waals surface area contributed by atoms with E-state index in [0.717, 1.165) is 64.2 Å². The van der Waals surface area contributed by atoms with Crippen LogP contribution in [0.3, 0.4) is 0 Å². The Morgan fingerprint density at radius 1 is 1.02 bits per heavy atom. The van der Waals surface area contributed by atoms with Gasteiger partial charge < -0.3 is 25.2 Å². The Morgan fingerprint density at radius 3 is 2.46 bits per heavy atom. The van der Waals surface area contributed by atoms with Gasteiger partial charge in [-0.15, -0.1) is 0 Å². The number of rotatable bonds is 5. The lowest BCUT2D eigenvalue weighted by molar-refractivity contribution is -0.140. The van der Waals surface area contributed by atoms with Crippen molar-refractivity contribution in [2.45, 2.75) is 120 Å². The number of halogens is 1. The summed E-state index contributed by atoms with van der Waals surface area (Å²) in [5, 5.41) is 5.04. The summed E-state index contributed by atoms with van der Waals surface area (Å²) in [4.78, 5) is 53.3. The molecular weight excluding hydrogens is 565 g/mol. The minimum absolute atomic E-state index is 0.0970. The van der Waals surface area contributed by atoms with Crippen molar-refractivity contribution in [3.63, 3.8) is 0 Å². The second-order valence-corrected chi connectivity index (χ2v) is 15.2. The molecule has 5 atom stereocenters. The summed E-state index contributed by atoms with van der Waals surface area (Å²) in [7, 11) is -3.92. The number of ether oxygens (including phenoxy) is 1. The molecule has 0 aromatic heterocycles. The lowest BCUT2D eigenvalue weighted by Gasteiger charge is -2.32. The minimum Gasteiger partial charge on any atom is -0.446 e. The first-order valence-electron chi connectivity index (χ1n) is 15.4. The highest BCUT2D eigenvalue weighted by Gasteiger charge is 2.66. The topological polar surface area (TPSA) is 125 Å². The van der Waals surface area contributed by atoms with Crippen molar-refractivity contribution in [2.75, 3.05) is 6.54 Å². The van der Waals surface area contributed by atoms with E-state index in [1.54, 1.807) is 29.2 Å². The molecule has 2 aliphatic heterocycles. The molecule has 0 bridgehead atoms. The van der Waals surface area contributed by atoms with Crippen LogP contribution in [-0.2, 0) is 25.1 Å². The number of amides is 3. The molecule has 2 heterocycles. The lowest BCUT2D eigenvalue weighted by atomic mass is 10.0. The third kappa shape index (κ3) is 6.94. The highest BCUT2D eigenvalue weighted by molar-refractivity contribution is 7.59. The molecule has 0 spiro atoms. The Bertz CT molecular complexity index is 1180. The number of hydrogen-bond acceptors (Lipinski definition) is 5. The summed E-state index contributed by atoms with van der Waals surface area (Å²) in [6.45, 7) is 0.402. The van der Waals surface area contributed by atoms with Gasteiger partial charge >= 0.3 is 6.09 Å². The Morgan fingerprint density at radius 2 is 1.71 bits per heavy atom. The summed E-state index contributed by atoms with van der Waals surface area (Å²) < 4.78 is 19.6. The molecule has 3 amide bonds. The van der Waals surface area contributed by atoms with E-state index in [4.69, 9.17) is 16.3 Å². The fraction of sp³-hybridized carbons (Fsp3) is 0.700. The third-order valence-electron chi connectivity index (χ3n) is 9.43. The maximum Gasteiger partial charge on any atom is 0.408 e. The summed E-state index contributed by atoms with van der Waals surface area (Å²) in [6.07, 6.45) is 10.3. The van der Waals surface area contributed by atoms with Crippen molar-refractivity contribution in [3.05, 3.63) is 34.9 Å². The van der Waals surface area contributed by atoms with Gasteiger partial charge in [0.05, 0.1) is 6.16 Å².